The van der Waals surface area contributed by atoms with Crippen molar-refractivity contribution in [2.75, 3.05) is 31.1 Å². The van der Waals surface area contributed by atoms with Crippen molar-refractivity contribution in [1.82, 2.24) is 4.90 Å². The van der Waals surface area contributed by atoms with Gasteiger partial charge >= 0.3 is 0 Å². The topological polar surface area (TPSA) is 45.1 Å². The van der Waals surface area contributed by atoms with Crippen LogP contribution in [0.5, 0.6) is 0 Å². The molecule has 2 aliphatic heterocycles. The molecule has 2 amide bonds. The number of thioether (sulfide) groups is 1. The Labute approximate surface area is 221 Å². The summed E-state index contributed by atoms with van der Waals surface area (Å²) in [6.45, 7) is 8.13. The molecule has 2 aliphatic rings. The van der Waals surface area contributed by atoms with Crippen LogP contribution in [0.4, 0.5) is 5.69 Å². The molecule has 0 aliphatic carbocycles. The number of nitrogens with one attached hydrogen (secondary N) is 1. The number of rotatable bonds is 6. The summed E-state index contributed by atoms with van der Waals surface area (Å²) in [6, 6.07) is 23.8. The molecule has 7 heteroatoms. The fourth-order valence-corrected chi connectivity index (χ4v) is 6.02. The van der Waals surface area contributed by atoms with Crippen LogP contribution in [0.2, 0.25) is 5.02 Å². The van der Waals surface area contributed by atoms with Gasteiger partial charge in [-0.05, 0) is 49.7 Å². The summed E-state index contributed by atoms with van der Waals surface area (Å²) in [5, 5.41) is 0.579. The molecule has 1 saturated heterocycles. The number of amides is 2. The monoisotopic (exact) mass is 518 g/mol. The van der Waals surface area contributed by atoms with E-state index >= 15 is 0 Å². The van der Waals surface area contributed by atoms with Crippen LogP contribution >= 0.6 is 23.4 Å². The van der Waals surface area contributed by atoms with E-state index < -0.39 is 0 Å². The Morgan fingerprint density at radius 3 is 2.25 bits per heavy atom. The number of anilines is 1. The molecule has 184 valence electrons. The number of carbonyl (C=O) groups excluding carboxylic acids is 2. The third-order valence-electron chi connectivity index (χ3n) is 6.74. The Morgan fingerprint density at radius 2 is 1.58 bits per heavy atom. The van der Waals surface area contributed by atoms with Gasteiger partial charge in [-0.1, -0.05) is 71.4 Å². The summed E-state index contributed by atoms with van der Waals surface area (Å²) in [7, 11) is 0. The summed E-state index contributed by atoms with van der Waals surface area (Å²) in [5.74, 6) is -0.531. The van der Waals surface area contributed by atoms with Gasteiger partial charge < -0.3 is 9.80 Å². The summed E-state index contributed by atoms with van der Waals surface area (Å²) in [5.41, 5.74) is 4.35. The lowest BCUT2D eigenvalue weighted by molar-refractivity contribution is -0.917. The highest BCUT2D eigenvalue weighted by Crippen LogP contribution is 2.40. The first-order chi connectivity index (χ1) is 17.4. The van der Waals surface area contributed by atoms with Gasteiger partial charge in [0.1, 0.15) is 17.1 Å². The molecular formula is C29H29ClN3O2S+. The van der Waals surface area contributed by atoms with Gasteiger partial charge in [-0.2, -0.15) is 0 Å². The van der Waals surface area contributed by atoms with Gasteiger partial charge in [-0.3, -0.25) is 9.59 Å². The number of hydrogen-bond donors (Lipinski definition) is 1. The molecule has 0 bridgehead atoms. The number of aryl methyl sites for hydroxylation is 2. The van der Waals surface area contributed by atoms with Crippen LogP contribution in [0.3, 0.4) is 0 Å². The molecule has 0 saturated carbocycles. The molecule has 3 aromatic carbocycles. The second kappa shape index (κ2) is 10.5. The standard InChI is InChI=1S/C29H28ClN3O2S/c1-20-8-11-24(12-9-20)36-27-26(28(34)33(29(27)35)25-13-10-23(30)18-21(25)2)32-16-14-31(15-17-32)19-22-6-4-3-5-7-22/h3-13,18H,14-17,19H2,1-2H3/p+1. The second-order valence-electron chi connectivity index (χ2n) is 9.37. The highest BCUT2D eigenvalue weighted by molar-refractivity contribution is 8.04. The van der Waals surface area contributed by atoms with Crippen molar-refractivity contribution in [3.05, 3.63) is 105 Å². The van der Waals surface area contributed by atoms with E-state index in [1.54, 1.807) is 18.2 Å². The minimum atomic E-state index is -0.273. The lowest BCUT2D eigenvalue weighted by atomic mass is 10.2. The lowest BCUT2D eigenvalue weighted by Crippen LogP contribution is -3.13. The van der Waals surface area contributed by atoms with Crippen LogP contribution in [0.15, 0.2) is 88.3 Å². The number of halogens is 1. The average molecular weight is 519 g/mol. The molecule has 0 unspecified atom stereocenters. The number of nitrogens with zero attached hydrogens (tertiary/aromatic N) is 2. The highest BCUT2D eigenvalue weighted by atomic mass is 35.5. The second-order valence-corrected chi connectivity index (χ2v) is 10.9. The predicted octanol–water partition coefficient (Wildman–Crippen LogP) is 4.23. The van der Waals surface area contributed by atoms with E-state index in [2.05, 4.69) is 29.2 Å². The minimum absolute atomic E-state index is 0.258. The zero-order valence-electron chi connectivity index (χ0n) is 20.5. The first-order valence-electron chi connectivity index (χ1n) is 12.2. The Bertz CT molecular complexity index is 1320. The predicted molar refractivity (Wildman–Crippen MR) is 145 cm³/mol. The summed E-state index contributed by atoms with van der Waals surface area (Å²) < 4.78 is 0. The molecule has 36 heavy (non-hydrogen) atoms. The van der Waals surface area contributed by atoms with Crippen molar-refractivity contribution in [2.45, 2.75) is 25.3 Å². The van der Waals surface area contributed by atoms with Crippen molar-refractivity contribution in [3.8, 4) is 0 Å². The largest absolute Gasteiger partial charge is 0.355 e. The van der Waals surface area contributed by atoms with Gasteiger partial charge in [0, 0.05) is 15.5 Å². The van der Waals surface area contributed by atoms with Crippen molar-refractivity contribution < 1.29 is 14.5 Å². The summed E-state index contributed by atoms with van der Waals surface area (Å²) in [6.07, 6.45) is 0. The van der Waals surface area contributed by atoms with E-state index in [0.717, 1.165) is 48.7 Å². The van der Waals surface area contributed by atoms with Gasteiger partial charge in [-0.15, -0.1) is 0 Å². The van der Waals surface area contributed by atoms with Gasteiger partial charge in [0.05, 0.1) is 31.9 Å². The number of quaternary nitrogens is 1. The van der Waals surface area contributed by atoms with Gasteiger partial charge in [0.15, 0.2) is 0 Å². The first kappa shape index (κ1) is 24.6. The maximum atomic E-state index is 13.8. The molecule has 5 nitrogen and oxygen atoms in total. The van der Waals surface area contributed by atoms with Crippen LogP contribution in [-0.4, -0.2) is 42.9 Å². The SMILES string of the molecule is Cc1ccc(SC2=C(N3CC[NH+](Cc4ccccc4)CC3)C(=O)N(c3ccc(Cl)cc3C)C2=O)cc1. The maximum Gasteiger partial charge on any atom is 0.283 e. The van der Waals surface area contributed by atoms with E-state index in [4.69, 9.17) is 11.6 Å². The Hall–Kier alpha value is -3.06. The van der Waals surface area contributed by atoms with Crippen molar-refractivity contribution >= 4 is 40.9 Å². The zero-order valence-corrected chi connectivity index (χ0v) is 22.0. The molecule has 1 fully saturated rings. The molecule has 3 aromatic rings. The van der Waals surface area contributed by atoms with Crippen molar-refractivity contribution in [2.24, 2.45) is 0 Å². The van der Waals surface area contributed by atoms with Crippen molar-refractivity contribution in [3.63, 3.8) is 0 Å². The van der Waals surface area contributed by atoms with Gasteiger partial charge in [-0.25, -0.2) is 4.90 Å². The van der Waals surface area contributed by atoms with Crippen LogP contribution in [0, 0.1) is 13.8 Å². The number of imide groups is 1. The molecule has 0 aromatic heterocycles. The maximum absolute atomic E-state index is 13.8. The fourth-order valence-electron chi connectivity index (χ4n) is 4.79. The van der Waals surface area contributed by atoms with Crippen LogP contribution in [-0.2, 0) is 16.1 Å². The number of piperazine rings is 1. The molecule has 0 spiro atoms. The molecule has 5 rings (SSSR count). The smallest absolute Gasteiger partial charge is 0.283 e. The molecule has 0 atom stereocenters. The van der Waals surface area contributed by atoms with Gasteiger partial charge in [0.25, 0.3) is 11.8 Å². The number of hydrogen-bond acceptors (Lipinski definition) is 4. The summed E-state index contributed by atoms with van der Waals surface area (Å²) in [4.78, 5) is 33.9. The third kappa shape index (κ3) is 5.07. The van der Waals surface area contributed by atoms with E-state index in [0.29, 0.717) is 21.3 Å². The first-order valence-corrected chi connectivity index (χ1v) is 13.4. The third-order valence-corrected chi connectivity index (χ3v) is 8.06. The molecule has 2 heterocycles. The van der Waals surface area contributed by atoms with Crippen LogP contribution in [0.1, 0.15) is 16.7 Å². The van der Waals surface area contributed by atoms with Gasteiger partial charge in [0.2, 0.25) is 0 Å². The summed E-state index contributed by atoms with van der Waals surface area (Å²) >= 11 is 7.53. The quantitative estimate of drug-likeness (QED) is 0.496. The van der Waals surface area contributed by atoms with E-state index in [-0.39, 0.29) is 11.8 Å². The highest BCUT2D eigenvalue weighted by Gasteiger charge is 2.43. The zero-order chi connectivity index (χ0) is 25.2. The minimum Gasteiger partial charge on any atom is -0.355 e. The Balaban J connectivity index is 1.43. The molecular weight excluding hydrogens is 490 g/mol. The Kier molecular flexibility index (Phi) is 7.19. The van der Waals surface area contributed by atoms with Crippen LogP contribution < -0.4 is 9.80 Å². The van der Waals surface area contributed by atoms with E-state index in [1.165, 1.54) is 27.1 Å². The normalized spacial score (nSPS) is 16.9. The molecule has 0 radical (unpaired) electrons. The average Bonchev–Trinajstić information content (AvgIpc) is 3.11. The lowest BCUT2D eigenvalue weighted by Gasteiger charge is -2.34. The number of benzene rings is 3. The van der Waals surface area contributed by atoms with Crippen LogP contribution in [0.25, 0.3) is 0 Å². The van der Waals surface area contributed by atoms with E-state index in [9.17, 15) is 9.59 Å². The molecule has 1 N–H and O–H groups in total. The van der Waals surface area contributed by atoms with E-state index in [1.807, 2.05) is 44.2 Å². The fraction of sp³-hybridized carbons (Fsp3) is 0.241. The van der Waals surface area contributed by atoms with Crippen molar-refractivity contribution in [1.29, 1.82) is 0 Å². The Morgan fingerprint density at radius 1 is 0.889 bits per heavy atom. The number of carbonyl (C=O) groups is 2.